The zero-order chi connectivity index (χ0) is 13.2. The van der Waals surface area contributed by atoms with E-state index in [1.807, 2.05) is 26.0 Å². The first-order valence-corrected chi connectivity index (χ1v) is 7.35. The standard InChI is InChI=1S/C14H20O2S/c1-6-17(15,16)14-8-7-12(10(2)3)9-13(14)11(4)5/h6-11H,1H2,2-5H3. The fourth-order valence-corrected chi connectivity index (χ4v) is 2.79. The molecular formula is C14H20O2S. The lowest BCUT2D eigenvalue weighted by atomic mass is 9.96. The Hall–Kier alpha value is -1.09. The molecule has 1 aromatic carbocycles. The second kappa shape index (κ2) is 5.05. The van der Waals surface area contributed by atoms with E-state index in [0.717, 1.165) is 16.5 Å². The van der Waals surface area contributed by atoms with Crippen LogP contribution in [0.2, 0.25) is 0 Å². The third-order valence-electron chi connectivity index (χ3n) is 2.85. The zero-order valence-corrected chi connectivity index (χ0v) is 11.7. The Balaban J connectivity index is 3.48. The van der Waals surface area contributed by atoms with Crippen LogP contribution >= 0.6 is 0 Å². The summed E-state index contributed by atoms with van der Waals surface area (Å²) in [6.45, 7) is 11.6. The molecule has 0 N–H and O–H groups in total. The van der Waals surface area contributed by atoms with Crippen LogP contribution in [0, 0.1) is 0 Å². The summed E-state index contributed by atoms with van der Waals surface area (Å²) >= 11 is 0. The maximum atomic E-state index is 11.9. The Labute approximate surface area is 104 Å². The predicted molar refractivity (Wildman–Crippen MR) is 72.0 cm³/mol. The van der Waals surface area contributed by atoms with Gasteiger partial charge in [-0.05, 0) is 29.0 Å². The molecule has 0 aliphatic rings. The second-order valence-electron chi connectivity index (χ2n) is 4.82. The van der Waals surface area contributed by atoms with Gasteiger partial charge in [-0.3, -0.25) is 0 Å². The summed E-state index contributed by atoms with van der Waals surface area (Å²) in [7, 11) is -3.35. The first-order valence-electron chi connectivity index (χ1n) is 5.81. The molecule has 17 heavy (non-hydrogen) atoms. The highest BCUT2D eigenvalue weighted by atomic mass is 32.2. The molecule has 2 nitrogen and oxygen atoms in total. The van der Waals surface area contributed by atoms with Gasteiger partial charge in [0.1, 0.15) is 0 Å². The maximum Gasteiger partial charge on any atom is 0.199 e. The predicted octanol–water partition coefficient (Wildman–Crippen LogP) is 3.85. The summed E-state index contributed by atoms with van der Waals surface area (Å²) in [5.74, 6) is 0.575. The Morgan fingerprint density at radius 1 is 1.12 bits per heavy atom. The van der Waals surface area contributed by atoms with Gasteiger partial charge in [-0.15, -0.1) is 0 Å². The van der Waals surface area contributed by atoms with Crippen molar-refractivity contribution < 1.29 is 8.42 Å². The van der Waals surface area contributed by atoms with Crippen molar-refractivity contribution in [1.82, 2.24) is 0 Å². The van der Waals surface area contributed by atoms with Gasteiger partial charge < -0.3 is 0 Å². The van der Waals surface area contributed by atoms with E-state index in [4.69, 9.17) is 0 Å². The quantitative estimate of drug-likeness (QED) is 0.815. The summed E-state index contributed by atoms with van der Waals surface area (Å²) < 4.78 is 23.8. The molecule has 0 amide bonds. The topological polar surface area (TPSA) is 34.1 Å². The fraction of sp³-hybridized carbons (Fsp3) is 0.429. The van der Waals surface area contributed by atoms with Gasteiger partial charge in [0, 0.05) is 5.41 Å². The van der Waals surface area contributed by atoms with Crippen LogP contribution in [0.15, 0.2) is 35.1 Å². The first-order chi connectivity index (χ1) is 7.79. The molecule has 0 unspecified atom stereocenters. The molecule has 0 atom stereocenters. The highest BCUT2D eigenvalue weighted by molar-refractivity contribution is 7.94. The van der Waals surface area contributed by atoms with Gasteiger partial charge in [0.2, 0.25) is 0 Å². The van der Waals surface area contributed by atoms with Crippen LogP contribution in [0.25, 0.3) is 0 Å². The molecule has 0 aromatic heterocycles. The van der Waals surface area contributed by atoms with Gasteiger partial charge >= 0.3 is 0 Å². The number of hydrogen-bond acceptors (Lipinski definition) is 2. The first kappa shape index (κ1) is 14.0. The highest BCUT2D eigenvalue weighted by Gasteiger charge is 2.18. The van der Waals surface area contributed by atoms with Crippen molar-refractivity contribution in [1.29, 1.82) is 0 Å². The van der Waals surface area contributed by atoms with E-state index >= 15 is 0 Å². The molecule has 3 heteroatoms. The van der Waals surface area contributed by atoms with Crippen LogP contribution < -0.4 is 0 Å². The number of benzene rings is 1. The summed E-state index contributed by atoms with van der Waals surface area (Å²) in [4.78, 5) is 0.381. The average Bonchev–Trinajstić information content (AvgIpc) is 2.28. The third-order valence-corrected chi connectivity index (χ3v) is 4.27. The molecular weight excluding hydrogens is 232 g/mol. The molecule has 1 rings (SSSR count). The number of sulfone groups is 1. The minimum absolute atomic E-state index is 0.179. The molecule has 0 aliphatic carbocycles. The van der Waals surface area contributed by atoms with Crippen molar-refractivity contribution in [3.63, 3.8) is 0 Å². The molecule has 0 saturated carbocycles. The Morgan fingerprint density at radius 3 is 2.12 bits per heavy atom. The summed E-state index contributed by atoms with van der Waals surface area (Å²) in [5, 5.41) is 1.02. The van der Waals surface area contributed by atoms with Crippen molar-refractivity contribution in [3.05, 3.63) is 41.3 Å². The van der Waals surface area contributed by atoms with E-state index in [-0.39, 0.29) is 5.92 Å². The Morgan fingerprint density at radius 2 is 1.71 bits per heavy atom. The van der Waals surface area contributed by atoms with Crippen molar-refractivity contribution in [2.45, 2.75) is 44.4 Å². The Kier molecular flexibility index (Phi) is 4.15. The van der Waals surface area contributed by atoms with Gasteiger partial charge in [0.25, 0.3) is 0 Å². The smallest absolute Gasteiger partial charge is 0.199 e. The second-order valence-corrected chi connectivity index (χ2v) is 6.68. The van der Waals surface area contributed by atoms with Crippen molar-refractivity contribution in [3.8, 4) is 0 Å². The van der Waals surface area contributed by atoms with Gasteiger partial charge in [0.15, 0.2) is 9.84 Å². The Bertz CT molecular complexity index is 511. The van der Waals surface area contributed by atoms with Gasteiger partial charge in [-0.25, -0.2) is 8.42 Å². The van der Waals surface area contributed by atoms with Crippen molar-refractivity contribution >= 4 is 9.84 Å². The van der Waals surface area contributed by atoms with Crippen LogP contribution in [-0.2, 0) is 9.84 Å². The summed E-state index contributed by atoms with van der Waals surface area (Å²) in [5.41, 5.74) is 2.04. The zero-order valence-electron chi connectivity index (χ0n) is 10.9. The highest BCUT2D eigenvalue weighted by Crippen LogP contribution is 2.28. The third kappa shape index (κ3) is 2.97. The fourth-order valence-electron chi connectivity index (χ4n) is 1.73. The molecule has 0 radical (unpaired) electrons. The number of hydrogen-bond donors (Lipinski definition) is 0. The number of rotatable bonds is 4. The molecule has 1 aromatic rings. The summed E-state index contributed by atoms with van der Waals surface area (Å²) in [6, 6.07) is 5.57. The van der Waals surface area contributed by atoms with E-state index < -0.39 is 9.84 Å². The molecule has 0 spiro atoms. The van der Waals surface area contributed by atoms with Crippen LogP contribution in [0.1, 0.15) is 50.7 Å². The minimum atomic E-state index is -3.35. The van der Waals surface area contributed by atoms with Gasteiger partial charge in [-0.1, -0.05) is 46.4 Å². The van der Waals surface area contributed by atoms with Crippen LogP contribution in [0.3, 0.4) is 0 Å². The van der Waals surface area contributed by atoms with E-state index in [0.29, 0.717) is 10.8 Å². The van der Waals surface area contributed by atoms with Crippen LogP contribution in [-0.4, -0.2) is 8.42 Å². The molecule has 0 aliphatic heterocycles. The van der Waals surface area contributed by atoms with E-state index in [9.17, 15) is 8.42 Å². The van der Waals surface area contributed by atoms with E-state index in [1.165, 1.54) is 0 Å². The lowest BCUT2D eigenvalue weighted by Gasteiger charge is -2.15. The van der Waals surface area contributed by atoms with E-state index in [1.54, 1.807) is 6.07 Å². The van der Waals surface area contributed by atoms with Gasteiger partial charge in [0.05, 0.1) is 4.90 Å². The molecule has 0 heterocycles. The molecule has 0 fully saturated rings. The molecule has 0 bridgehead atoms. The maximum absolute atomic E-state index is 11.9. The largest absolute Gasteiger partial charge is 0.219 e. The van der Waals surface area contributed by atoms with Crippen molar-refractivity contribution in [2.24, 2.45) is 0 Å². The van der Waals surface area contributed by atoms with Crippen LogP contribution in [0.5, 0.6) is 0 Å². The van der Waals surface area contributed by atoms with Crippen LogP contribution in [0.4, 0.5) is 0 Å². The molecule has 94 valence electrons. The summed E-state index contributed by atoms with van der Waals surface area (Å²) in [6.07, 6.45) is 0. The lowest BCUT2D eigenvalue weighted by Crippen LogP contribution is -2.04. The minimum Gasteiger partial charge on any atom is -0.219 e. The average molecular weight is 252 g/mol. The lowest BCUT2D eigenvalue weighted by molar-refractivity contribution is 0.602. The van der Waals surface area contributed by atoms with Crippen molar-refractivity contribution in [2.75, 3.05) is 0 Å². The molecule has 0 saturated heterocycles. The SMILES string of the molecule is C=CS(=O)(=O)c1ccc(C(C)C)cc1C(C)C. The van der Waals surface area contributed by atoms with Gasteiger partial charge in [-0.2, -0.15) is 0 Å². The van der Waals surface area contributed by atoms with E-state index in [2.05, 4.69) is 20.4 Å². The monoisotopic (exact) mass is 252 g/mol. The normalized spacial score (nSPS) is 12.1.